The molecule has 0 atom stereocenters. The Bertz CT molecular complexity index is 808. The zero-order valence-electron chi connectivity index (χ0n) is 12.8. The molecule has 0 unspecified atom stereocenters. The third-order valence-electron chi connectivity index (χ3n) is 3.90. The summed E-state index contributed by atoms with van der Waals surface area (Å²) >= 11 is 1.35. The van der Waals surface area contributed by atoms with Crippen LogP contribution >= 0.6 is 11.3 Å². The first-order chi connectivity index (χ1) is 11.1. The van der Waals surface area contributed by atoms with Crippen molar-refractivity contribution in [2.24, 2.45) is 0 Å². The Morgan fingerprint density at radius 3 is 2.96 bits per heavy atom. The van der Waals surface area contributed by atoms with E-state index in [1.54, 1.807) is 6.08 Å². The number of nitrogens with one attached hydrogen (secondary N) is 1. The molecule has 0 aliphatic heterocycles. The Balaban J connectivity index is 1.79. The van der Waals surface area contributed by atoms with E-state index in [4.69, 9.17) is 5.73 Å². The summed E-state index contributed by atoms with van der Waals surface area (Å²) in [6, 6.07) is 5.77. The van der Waals surface area contributed by atoms with Gasteiger partial charge in [-0.2, -0.15) is 0 Å². The Labute approximate surface area is 138 Å². The van der Waals surface area contributed by atoms with E-state index >= 15 is 0 Å². The number of aryl methyl sites for hydroxylation is 1. The van der Waals surface area contributed by atoms with Crippen molar-refractivity contribution in [3.8, 4) is 0 Å². The first-order valence-electron chi connectivity index (χ1n) is 7.36. The van der Waals surface area contributed by atoms with E-state index < -0.39 is 0 Å². The molecule has 23 heavy (non-hydrogen) atoms. The maximum atomic E-state index is 12.4. The number of carbonyl (C=O) groups is 2. The summed E-state index contributed by atoms with van der Waals surface area (Å²) in [6.45, 7) is 0. The molecule has 0 amide bonds. The Hall–Kier alpha value is -2.47. The SMILES string of the molecule is CNc1cccc2c1CC(=O)C(C(=O)CCc1csc(N)n1)=C2. The molecule has 1 heterocycles. The van der Waals surface area contributed by atoms with Gasteiger partial charge in [-0.3, -0.25) is 9.59 Å². The average Bonchev–Trinajstić information content (AvgIpc) is 2.97. The Morgan fingerprint density at radius 2 is 2.26 bits per heavy atom. The third kappa shape index (κ3) is 3.17. The molecule has 0 fully saturated rings. The number of thiazole rings is 1. The van der Waals surface area contributed by atoms with E-state index in [9.17, 15) is 9.59 Å². The molecule has 6 heteroatoms. The van der Waals surface area contributed by atoms with E-state index in [1.807, 2.05) is 30.6 Å². The predicted molar refractivity (Wildman–Crippen MR) is 92.5 cm³/mol. The highest BCUT2D eigenvalue weighted by atomic mass is 32.1. The van der Waals surface area contributed by atoms with Gasteiger partial charge >= 0.3 is 0 Å². The van der Waals surface area contributed by atoms with Crippen molar-refractivity contribution < 1.29 is 9.59 Å². The minimum atomic E-state index is -0.137. The lowest BCUT2D eigenvalue weighted by atomic mass is 9.87. The second-order valence-corrected chi connectivity index (χ2v) is 6.27. The molecule has 0 bridgehead atoms. The van der Waals surface area contributed by atoms with Crippen LogP contribution in [0, 0.1) is 0 Å². The highest BCUT2D eigenvalue weighted by Gasteiger charge is 2.25. The van der Waals surface area contributed by atoms with Gasteiger partial charge in [0.25, 0.3) is 0 Å². The summed E-state index contributed by atoms with van der Waals surface area (Å²) in [5.41, 5.74) is 9.47. The van der Waals surface area contributed by atoms with Crippen LogP contribution in [0.4, 0.5) is 10.8 Å². The van der Waals surface area contributed by atoms with Gasteiger partial charge in [0.05, 0.1) is 11.3 Å². The Morgan fingerprint density at radius 1 is 1.43 bits per heavy atom. The number of aromatic nitrogens is 1. The monoisotopic (exact) mass is 327 g/mol. The maximum Gasteiger partial charge on any atom is 0.180 e. The van der Waals surface area contributed by atoms with Crippen molar-refractivity contribution in [2.75, 3.05) is 18.1 Å². The van der Waals surface area contributed by atoms with Crippen LogP contribution in [0.2, 0.25) is 0 Å². The fourth-order valence-corrected chi connectivity index (χ4v) is 3.31. The van der Waals surface area contributed by atoms with E-state index in [2.05, 4.69) is 10.3 Å². The first kappa shape index (κ1) is 15.4. The second-order valence-electron chi connectivity index (χ2n) is 5.38. The van der Waals surface area contributed by atoms with Crippen LogP contribution in [0.1, 0.15) is 23.2 Å². The third-order valence-corrected chi connectivity index (χ3v) is 4.62. The molecular formula is C17H17N3O2S. The van der Waals surface area contributed by atoms with Crippen molar-refractivity contribution in [2.45, 2.75) is 19.3 Å². The smallest absolute Gasteiger partial charge is 0.180 e. The molecule has 0 saturated carbocycles. The molecule has 2 aromatic rings. The molecule has 1 aromatic heterocycles. The minimum absolute atomic E-state index is 0.122. The van der Waals surface area contributed by atoms with Crippen molar-refractivity contribution >= 4 is 39.8 Å². The number of hydrogen-bond acceptors (Lipinski definition) is 6. The molecule has 118 valence electrons. The number of fused-ring (bicyclic) bond motifs is 1. The van der Waals surface area contributed by atoms with Gasteiger partial charge < -0.3 is 11.1 Å². The molecule has 3 N–H and O–H groups in total. The van der Waals surface area contributed by atoms with E-state index in [1.165, 1.54) is 11.3 Å². The van der Waals surface area contributed by atoms with Crippen LogP contribution in [0.25, 0.3) is 6.08 Å². The standard InChI is InChI=1S/C17H17N3O2S/c1-19-14-4-2-3-10-7-13(16(22)8-12(10)14)15(21)6-5-11-9-23-17(18)20-11/h2-4,7,9,19H,5-6,8H2,1H3,(H2,18,20). The predicted octanol–water partition coefficient (Wildman–Crippen LogP) is 2.48. The first-order valence-corrected chi connectivity index (χ1v) is 8.24. The van der Waals surface area contributed by atoms with Crippen LogP contribution in [0.3, 0.4) is 0 Å². The summed E-state index contributed by atoms with van der Waals surface area (Å²) in [6.07, 6.45) is 2.73. The summed E-state index contributed by atoms with van der Waals surface area (Å²) in [5, 5.41) is 5.42. The van der Waals surface area contributed by atoms with Gasteiger partial charge in [0, 0.05) is 31.0 Å². The number of carbonyl (C=O) groups excluding carboxylic acids is 2. The lowest BCUT2D eigenvalue weighted by molar-refractivity contribution is -0.121. The maximum absolute atomic E-state index is 12.4. The van der Waals surface area contributed by atoms with Gasteiger partial charge in [-0.1, -0.05) is 12.1 Å². The second kappa shape index (κ2) is 6.34. The normalized spacial score (nSPS) is 13.4. The van der Waals surface area contributed by atoms with E-state index in [0.29, 0.717) is 11.6 Å². The molecule has 0 radical (unpaired) electrons. The number of benzene rings is 1. The number of ketones is 2. The highest BCUT2D eigenvalue weighted by Crippen LogP contribution is 2.28. The number of rotatable bonds is 5. The zero-order valence-corrected chi connectivity index (χ0v) is 13.6. The number of hydrogen-bond donors (Lipinski definition) is 2. The lowest BCUT2D eigenvalue weighted by Crippen LogP contribution is -2.20. The number of nitrogen functional groups attached to an aromatic ring is 1. The lowest BCUT2D eigenvalue weighted by Gasteiger charge is -2.18. The molecule has 1 aliphatic rings. The number of anilines is 2. The fraction of sp³-hybridized carbons (Fsp3) is 0.235. The van der Waals surface area contributed by atoms with Crippen LogP contribution in [-0.2, 0) is 22.4 Å². The summed E-state index contributed by atoms with van der Waals surface area (Å²) in [7, 11) is 1.82. The van der Waals surface area contributed by atoms with Gasteiger partial charge in [0.2, 0.25) is 0 Å². The summed E-state index contributed by atoms with van der Waals surface area (Å²) in [4.78, 5) is 28.9. The molecule has 5 nitrogen and oxygen atoms in total. The average molecular weight is 327 g/mol. The zero-order chi connectivity index (χ0) is 16.4. The van der Waals surface area contributed by atoms with Gasteiger partial charge in [0.15, 0.2) is 16.7 Å². The van der Waals surface area contributed by atoms with Crippen molar-refractivity contribution in [1.29, 1.82) is 0 Å². The van der Waals surface area contributed by atoms with Crippen molar-refractivity contribution in [3.63, 3.8) is 0 Å². The summed E-state index contributed by atoms with van der Waals surface area (Å²) < 4.78 is 0. The number of allylic oxidation sites excluding steroid dienone is 1. The molecule has 3 rings (SSSR count). The molecule has 1 aromatic carbocycles. The van der Waals surface area contributed by atoms with Crippen LogP contribution in [-0.4, -0.2) is 23.6 Å². The highest BCUT2D eigenvalue weighted by molar-refractivity contribution is 7.13. The van der Waals surface area contributed by atoms with Crippen LogP contribution in [0.15, 0.2) is 29.2 Å². The molecule has 0 spiro atoms. The van der Waals surface area contributed by atoms with Crippen molar-refractivity contribution in [3.05, 3.63) is 46.0 Å². The van der Waals surface area contributed by atoms with Gasteiger partial charge in [-0.15, -0.1) is 11.3 Å². The van der Waals surface area contributed by atoms with Crippen LogP contribution < -0.4 is 11.1 Å². The topological polar surface area (TPSA) is 85.1 Å². The number of Topliss-reactive ketones (excluding diaryl/α,β-unsaturated/α-hetero) is 2. The van der Waals surface area contributed by atoms with Crippen LogP contribution in [0.5, 0.6) is 0 Å². The summed E-state index contributed by atoms with van der Waals surface area (Å²) in [5.74, 6) is -0.259. The van der Waals surface area contributed by atoms with Crippen molar-refractivity contribution in [1.82, 2.24) is 4.98 Å². The van der Waals surface area contributed by atoms with Gasteiger partial charge in [-0.25, -0.2) is 4.98 Å². The van der Waals surface area contributed by atoms with Gasteiger partial charge in [0.1, 0.15) is 0 Å². The van der Waals surface area contributed by atoms with E-state index in [0.717, 1.165) is 22.5 Å². The quantitative estimate of drug-likeness (QED) is 0.824. The van der Waals surface area contributed by atoms with E-state index in [-0.39, 0.29) is 30.0 Å². The molecule has 1 aliphatic carbocycles. The minimum Gasteiger partial charge on any atom is -0.388 e. The largest absolute Gasteiger partial charge is 0.388 e. The Kier molecular flexibility index (Phi) is 4.25. The molecular weight excluding hydrogens is 310 g/mol. The van der Waals surface area contributed by atoms with Gasteiger partial charge in [-0.05, 0) is 29.7 Å². The number of nitrogens with zero attached hydrogens (tertiary/aromatic N) is 1. The fourth-order valence-electron chi connectivity index (χ4n) is 2.71. The molecule has 0 saturated heterocycles. The number of nitrogens with two attached hydrogens (primary N) is 1.